The Morgan fingerprint density at radius 1 is 1.04 bits per heavy atom. The largest absolute Gasteiger partial charge is 0.396 e. The van der Waals surface area contributed by atoms with Crippen LogP contribution in [-0.2, 0) is 5.41 Å². The number of fused-ring (bicyclic) bond motifs is 1. The standard InChI is InChI=1S/C19H21N.C5H11NO/c1-13-10-16-11-15(8-9-18(16)20-13)14-6-5-7-17(12-14)19(2,3)4;7-4-5-1-2-6-3-5/h5-12,20H,1-4H3;5-7H,1-4H2. The highest BCUT2D eigenvalue weighted by molar-refractivity contribution is 5.85. The number of aliphatic hydroxyl groups is 1. The van der Waals surface area contributed by atoms with Crippen LogP contribution in [0.2, 0.25) is 0 Å². The van der Waals surface area contributed by atoms with E-state index in [0.717, 1.165) is 19.5 Å². The van der Waals surface area contributed by atoms with Crippen LogP contribution in [0.15, 0.2) is 48.5 Å². The van der Waals surface area contributed by atoms with Crippen molar-refractivity contribution < 1.29 is 5.11 Å². The molecule has 1 aliphatic rings. The SMILES string of the molecule is Cc1cc2cc(-c3cccc(C(C)(C)C)c3)ccc2[nH]1.OCC1CCNC1. The van der Waals surface area contributed by atoms with E-state index in [4.69, 9.17) is 5.11 Å². The van der Waals surface area contributed by atoms with Crippen LogP contribution in [-0.4, -0.2) is 29.8 Å². The maximum Gasteiger partial charge on any atom is 0.0471 e. The first-order valence-corrected chi connectivity index (χ1v) is 9.88. The summed E-state index contributed by atoms with van der Waals surface area (Å²) in [6.45, 7) is 11.3. The summed E-state index contributed by atoms with van der Waals surface area (Å²) >= 11 is 0. The van der Waals surface area contributed by atoms with Crippen molar-refractivity contribution in [3.8, 4) is 11.1 Å². The Labute approximate surface area is 162 Å². The van der Waals surface area contributed by atoms with Crippen molar-refractivity contribution in [3.05, 3.63) is 59.8 Å². The molecule has 3 heteroatoms. The van der Waals surface area contributed by atoms with E-state index in [-0.39, 0.29) is 5.41 Å². The third-order valence-electron chi connectivity index (χ3n) is 5.24. The molecule has 0 aliphatic carbocycles. The van der Waals surface area contributed by atoms with Crippen molar-refractivity contribution >= 4 is 10.9 Å². The lowest BCUT2D eigenvalue weighted by molar-refractivity contribution is 0.237. The summed E-state index contributed by atoms with van der Waals surface area (Å²) in [6, 6.07) is 17.7. The van der Waals surface area contributed by atoms with Gasteiger partial charge in [0, 0.05) is 29.7 Å². The molecule has 1 aliphatic heterocycles. The van der Waals surface area contributed by atoms with Crippen molar-refractivity contribution in [2.45, 2.75) is 39.5 Å². The van der Waals surface area contributed by atoms with E-state index in [0.29, 0.717) is 12.5 Å². The first-order valence-electron chi connectivity index (χ1n) is 9.88. The average molecular weight is 365 g/mol. The van der Waals surface area contributed by atoms with Gasteiger partial charge in [-0.25, -0.2) is 0 Å². The van der Waals surface area contributed by atoms with Crippen molar-refractivity contribution in [3.63, 3.8) is 0 Å². The molecule has 3 N–H and O–H groups in total. The summed E-state index contributed by atoms with van der Waals surface area (Å²) in [5, 5.41) is 13.0. The molecule has 4 rings (SSSR count). The highest BCUT2D eigenvalue weighted by atomic mass is 16.3. The fraction of sp³-hybridized carbons (Fsp3) is 0.417. The number of benzene rings is 2. The van der Waals surface area contributed by atoms with Crippen LogP contribution >= 0.6 is 0 Å². The lowest BCUT2D eigenvalue weighted by Gasteiger charge is -2.19. The number of hydrogen-bond acceptors (Lipinski definition) is 2. The molecular formula is C24H32N2O. The van der Waals surface area contributed by atoms with E-state index >= 15 is 0 Å². The molecule has 1 saturated heterocycles. The summed E-state index contributed by atoms with van der Waals surface area (Å²) < 4.78 is 0. The summed E-state index contributed by atoms with van der Waals surface area (Å²) in [6.07, 6.45) is 1.15. The van der Waals surface area contributed by atoms with E-state index < -0.39 is 0 Å². The Hall–Kier alpha value is -2.10. The molecule has 0 spiro atoms. The third kappa shape index (κ3) is 5.00. The molecule has 2 aromatic carbocycles. The van der Waals surface area contributed by atoms with Crippen molar-refractivity contribution in [2.75, 3.05) is 19.7 Å². The fourth-order valence-corrected chi connectivity index (χ4v) is 3.49. The van der Waals surface area contributed by atoms with Gasteiger partial charge in [0.25, 0.3) is 0 Å². The minimum absolute atomic E-state index is 0.185. The zero-order chi connectivity index (χ0) is 19.4. The topological polar surface area (TPSA) is 48.0 Å². The molecule has 0 radical (unpaired) electrons. The highest BCUT2D eigenvalue weighted by Crippen LogP contribution is 2.29. The molecule has 0 bridgehead atoms. The van der Waals surface area contributed by atoms with E-state index in [9.17, 15) is 0 Å². The molecule has 1 atom stereocenters. The molecule has 3 nitrogen and oxygen atoms in total. The number of aromatic amines is 1. The van der Waals surface area contributed by atoms with Gasteiger partial charge in [0.05, 0.1) is 0 Å². The summed E-state index contributed by atoms with van der Waals surface area (Å²) in [5.74, 6) is 0.542. The fourth-order valence-electron chi connectivity index (χ4n) is 3.49. The monoisotopic (exact) mass is 364 g/mol. The molecular weight excluding hydrogens is 332 g/mol. The lowest BCUT2D eigenvalue weighted by atomic mass is 9.85. The van der Waals surface area contributed by atoms with Gasteiger partial charge in [0.2, 0.25) is 0 Å². The minimum Gasteiger partial charge on any atom is -0.396 e. The maximum absolute atomic E-state index is 8.53. The first-order chi connectivity index (χ1) is 12.9. The van der Waals surface area contributed by atoms with E-state index in [1.54, 1.807) is 0 Å². The minimum atomic E-state index is 0.185. The second-order valence-corrected chi connectivity index (χ2v) is 8.63. The molecule has 27 heavy (non-hydrogen) atoms. The zero-order valence-corrected chi connectivity index (χ0v) is 17.0. The summed E-state index contributed by atoms with van der Waals surface area (Å²) in [4.78, 5) is 3.37. The number of aliphatic hydroxyl groups excluding tert-OH is 1. The lowest BCUT2D eigenvalue weighted by Crippen LogP contribution is -2.11. The van der Waals surface area contributed by atoms with Gasteiger partial charge in [-0.1, -0.05) is 51.1 Å². The number of aromatic nitrogens is 1. The molecule has 0 saturated carbocycles. The molecule has 1 aromatic heterocycles. The highest BCUT2D eigenvalue weighted by Gasteiger charge is 2.14. The smallest absolute Gasteiger partial charge is 0.0471 e. The Bertz CT molecular complexity index is 883. The van der Waals surface area contributed by atoms with Gasteiger partial charge in [-0.3, -0.25) is 0 Å². The first kappa shape index (κ1) is 19.7. The Morgan fingerprint density at radius 2 is 1.81 bits per heavy atom. The number of hydrogen-bond donors (Lipinski definition) is 3. The number of rotatable bonds is 2. The number of aryl methyl sites for hydroxylation is 1. The van der Waals surface area contributed by atoms with Gasteiger partial charge in [-0.15, -0.1) is 0 Å². The molecule has 0 amide bonds. The predicted octanol–water partition coefficient (Wildman–Crippen LogP) is 5.03. The maximum atomic E-state index is 8.53. The van der Waals surface area contributed by atoms with Crippen LogP contribution in [0.4, 0.5) is 0 Å². The van der Waals surface area contributed by atoms with Gasteiger partial charge in [-0.05, 0) is 66.1 Å². The second kappa shape index (κ2) is 8.28. The van der Waals surface area contributed by atoms with Gasteiger partial charge >= 0.3 is 0 Å². The normalized spacial score (nSPS) is 17.0. The van der Waals surface area contributed by atoms with Gasteiger partial charge in [-0.2, -0.15) is 0 Å². The summed E-state index contributed by atoms with van der Waals surface area (Å²) in [7, 11) is 0. The Morgan fingerprint density at radius 3 is 2.44 bits per heavy atom. The third-order valence-corrected chi connectivity index (χ3v) is 5.24. The van der Waals surface area contributed by atoms with Crippen molar-refractivity contribution in [1.82, 2.24) is 10.3 Å². The van der Waals surface area contributed by atoms with Crippen LogP contribution < -0.4 is 5.32 Å². The van der Waals surface area contributed by atoms with E-state index in [1.807, 2.05) is 0 Å². The van der Waals surface area contributed by atoms with Gasteiger partial charge in [0.1, 0.15) is 0 Å². The predicted molar refractivity (Wildman–Crippen MR) is 115 cm³/mol. The number of nitrogens with one attached hydrogen (secondary N) is 2. The van der Waals surface area contributed by atoms with Crippen molar-refractivity contribution in [1.29, 1.82) is 0 Å². The van der Waals surface area contributed by atoms with Crippen LogP contribution in [0.25, 0.3) is 22.0 Å². The average Bonchev–Trinajstić information content (AvgIpc) is 3.29. The molecule has 2 heterocycles. The van der Waals surface area contributed by atoms with Crippen LogP contribution in [0, 0.1) is 12.8 Å². The quantitative estimate of drug-likeness (QED) is 0.597. The Balaban J connectivity index is 0.000000253. The van der Waals surface area contributed by atoms with Crippen LogP contribution in [0.3, 0.4) is 0 Å². The molecule has 3 aromatic rings. The summed E-state index contributed by atoms with van der Waals surface area (Å²) in [5.41, 5.74) is 6.55. The molecule has 1 fully saturated rings. The van der Waals surface area contributed by atoms with E-state index in [2.05, 4.69) is 86.5 Å². The zero-order valence-electron chi connectivity index (χ0n) is 17.0. The van der Waals surface area contributed by atoms with Crippen LogP contribution in [0.1, 0.15) is 38.4 Å². The Kier molecular flexibility index (Phi) is 6.03. The van der Waals surface area contributed by atoms with Gasteiger partial charge < -0.3 is 15.4 Å². The number of H-pyrrole nitrogens is 1. The van der Waals surface area contributed by atoms with E-state index in [1.165, 1.54) is 33.3 Å². The molecule has 1 unspecified atom stereocenters. The van der Waals surface area contributed by atoms with Crippen molar-refractivity contribution in [2.24, 2.45) is 5.92 Å². The second-order valence-electron chi connectivity index (χ2n) is 8.63. The van der Waals surface area contributed by atoms with Gasteiger partial charge in [0.15, 0.2) is 0 Å². The molecule has 144 valence electrons. The van der Waals surface area contributed by atoms with Crippen LogP contribution in [0.5, 0.6) is 0 Å².